The van der Waals surface area contributed by atoms with Gasteiger partial charge in [-0.25, -0.2) is 4.39 Å². The molecular formula is C21H19FN4O4. The molecule has 1 aromatic heterocycles. The second-order valence-electron chi connectivity index (χ2n) is 6.71. The number of nitrogens with one attached hydrogen (secondary N) is 1. The molecule has 0 aliphatic carbocycles. The smallest absolute Gasteiger partial charge is 0.322 e. The Balaban J connectivity index is 1.43. The Morgan fingerprint density at radius 3 is 2.73 bits per heavy atom. The van der Waals surface area contributed by atoms with Crippen LogP contribution in [0.2, 0.25) is 0 Å². The number of nitrogens with zero attached hydrogens (tertiary/aromatic N) is 3. The van der Waals surface area contributed by atoms with Gasteiger partial charge < -0.3 is 14.1 Å². The fraction of sp³-hybridized carbons (Fsp3) is 0.238. The van der Waals surface area contributed by atoms with Crippen LogP contribution >= 0.6 is 0 Å². The predicted octanol–water partition coefficient (Wildman–Crippen LogP) is 3.38. The first-order chi connectivity index (χ1) is 14.5. The number of carbonyl (C=O) groups excluding carboxylic acids is 2. The van der Waals surface area contributed by atoms with Gasteiger partial charge in [-0.2, -0.15) is 0 Å². The molecule has 2 amide bonds. The van der Waals surface area contributed by atoms with Gasteiger partial charge in [0, 0.05) is 18.7 Å². The summed E-state index contributed by atoms with van der Waals surface area (Å²) in [6.07, 6.45) is 0.204. The van der Waals surface area contributed by atoms with Gasteiger partial charge in [-0.05, 0) is 43.3 Å². The summed E-state index contributed by atoms with van der Waals surface area (Å²) < 4.78 is 24.7. The number of amides is 2. The zero-order valence-electron chi connectivity index (χ0n) is 16.2. The van der Waals surface area contributed by atoms with Crippen LogP contribution in [0.4, 0.5) is 16.1 Å². The van der Waals surface area contributed by atoms with Gasteiger partial charge in [0.25, 0.3) is 5.91 Å². The Morgan fingerprint density at radius 1 is 1.23 bits per heavy atom. The average Bonchev–Trinajstić information content (AvgIpc) is 3.36. The van der Waals surface area contributed by atoms with Crippen molar-refractivity contribution in [3.63, 3.8) is 0 Å². The van der Waals surface area contributed by atoms with Gasteiger partial charge in [0.15, 0.2) is 0 Å². The fourth-order valence-electron chi connectivity index (χ4n) is 3.27. The van der Waals surface area contributed by atoms with Crippen molar-refractivity contribution in [2.75, 3.05) is 23.4 Å². The van der Waals surface area contributed by atoms with E-state index in [0.717, 1.165) is 11.4 Å². The maximum Gasteiger partial charge on any atom is 0.322 e. The monoisotopic (exact) mass is 410 g/mol. The normalized spacial score (nSPS) is 16.0. The van der Waals surface area contributed by atoms with Crippen molar-refractivity contribution in [3.05, 3.63) is 65.8 Å². The molecule has 9 heteroatoms. The number of hydrogen-bond acceptors (Lipinski definition) is 6. The molecule has 1 aliphatic rings. The maximum absolute atomic E-state index is 13.7. The van der Waals surface area contributed by atoms with Crippen molar-refractivity contribution in [2.24, 2.45) is 0 Å². The molecule has 1 atom stereocenters. The molecule has 8 nitrogen and oxygen atoms in total. The number of benzene rings is 2. The van der Waals surface area contributed by atoms with Gasteiger partial charge in [-0.3, -0.25) is 14.9 Å². The topological polar surface area (TPSA) is 97.6 Å². The molecule has 4 rings (SSSR count). The van der Waals surface area contributed by atoms with Gasteiger partial charge >= 0.3 is 6.01 Å². The quantitative estimate of drug-likeness (QED) is 0.669. The Morgan fingerprint density at radius 2 is 2.00 bits per heavy atom. The number of anilines is 2. The van der Waals surface area contributed by atoms with Crippen LogP contribution in [0, 0.1) is 5.82 Å². The molecule has 1 saturated heterocycles. The van der Waals surface area contributed by atoms with Crippen LogP contribution in [-0.4, -0.2) is 35.2 Å². The number of carbonyl (C=O) groups is 2. The number of halogens is 1. The molecule has 1 unspecified atom stereocenters. The molecule has 1 fully saturated rings. The minimum absolute atomic E-state index is 0.0701. The lowest BCUT2D eigenvalue weighted by Gasteiger charge is -2.16. The van der Waals surface area contributed by atoms with Crippen LogP contribution in [0.1, 0.15) is 35.5 Å². The van der Waals surface area contributed by atoms with Crippen molar-refractivity contribution in [3.8, 4) is 5.75 Å². The van der Waals surface area contributed by atoms with Gasteiger partial charge in [-0.1, -0.05) is 17.2 Å². The van der Waals surface area contributed by atoms with E-state index >= 15 is 0 Å². The largest absolute Gasteiger partial charge is 0.494 e. The van der Waals surface area contributed by atoms with E-state index in [2.05, 4.69) is 15.5 Å². The lowest BCUT2D eigenvalue weighted by atomic mass is 10.1. The Labute approximate surface area is 171 Å². The number of aromatic nitrogens is 2. The predicted molar refractivity (Wildman–Crippen MR) is 106 cm³/mol. The lowest BCUT2D eigenvalue weighted by Crippen LogP contribution is -2.24. The molecule has 30 heavy (non-hydrogen) atoms. The van der Waals surface area contributed by atoms with E-state index in [1.54, 1.807) is 11.0 Å². The number of hydrogen-bond donors (Lipinski definition) is 1. The summed E-state index contributed by atoms with van der Waals surface area (Å²) in [5.74, 6) is -0.754. The molecule has 0 saturated carbocycles. The lowest BCUT2D eigenvalue weighted by molar-refractivity contribution is -0.117. The summed E-state index contributed by atoms with van der Waals surface area (Å²) >= 11 is 0. The first kappa shape index (κ1) is 19.6. The van der Waals surface area contributed by atoms with E-state index < -0.39 is 11.7 Å². The van der Waals surface area contributed by atoms with Crippen molar-refractivity contribution in [1.29, 1.82) is 0 Å². The minimum atomic E-state index is -0.693. The summed E-state index contributed by atoms with van der Waals surface area (Å²) in [4.78, 5) is 26.3. The van der Waals surface area contributed by atoms with Crippen molar-refractivity contribution in [1.82, 2.24) is 10.2 Å². The number of rotatable bonds is 6. The van der Waals surface area contributed by atoms with Crippen LogP contribution in [0.3, 0.4) is 0 Å². The first-order valence-electron chi connectivity index (χ1n) is 9.47. The molecule has 0 radical (unpaired) electrons. The standard InChI is InChI=1S/C21H19FN4O4/c1-2-29-15-9-7-14(8-10-15)26-12-13(11-18(26)27)20-24-25-21(30-20)23-19(28)16-5-3-4-6-17(16)22/h3-10,13H,2,11-12H2,1H3,(H,23,25,28). The van der Waals surface area contributed by atoms with Crippen LogP contribution < -0.4 is 15.0 Å². The van der Waals surface area contributed by atoms with Crippen LogP contribution in [0.25, 0.3) is 0 Å². The summed E-state index contributed by atoms with van der Waals surface area (Å²) in [6, 6.07) is 12.7. The molecule has 1 N–H and O–H groups in total. The summed E-state index contributed by atoms with van der Waals surface area (Å²) in [6.45, 7) is 2.84. The molecule has 2 aromatic carbocycles. The first-order valence-corrected chi connectivity index (χ1v) is 9.47. The highest BCUT2D eigenvalue weighted by Gasteiger charge is 2.35. The third-order valence-corrected chi connectivity index (χ3v) is 4.71. The SMILES string of the molecule is CCOc1ccc(N2CC(c3nnc(NC(=O)c4ccccc4F)o3)CC2=O)cc1. The summed E-state index contributed by atoms with van der Waals surface area (Å²) in [7, 11) is 0. The highest BCUT2D eigenvalue weighted by molar-refractivity contribution is 6.03. The van der Waals surface area contributed by atoms with E-state index in [0.29, 0.717) is 13.2 Å². The third-order valence-electron chi connectivity index (χ3n) is 4.71. The van der Waals surface area contributed by atoms with Crippen LogP contribution in [-0.2, 0) is 4.79 Å². The third kappa shape index (κ3) is 4.00. The number of ether oxygens (including phenoxy) is 1. The summed E-state index contributed by atoms with van der Waals surface area (Å²) in [5, 5.41) is 10.1. The summed E-state index contributed by atoms with van der Waals surface area (Å²) in [5.41, 5.74) is 0.619. The molecule has 2 heterocycles. The van der Waals surface area contributed by atoms with Crippen molar-refractivity contribution < 1.29 is 23.1 Å². The molecule has 154 valence electrons. The van der Waals surface area contributed by atoms with E-state index in [4.69, 9.17) is 9.15 Å². The second kappa shape index (κ2) is 8.32. The second-order valence-corrected chi connectivity index (χ2v) is 6.71. The van der Waals surface area contributed by atoms with Crippen LogP contribution in [0.5, 0.6) is 5.75 Å². The van der Waals surface area contributed by atoms with Crippen molar-refractivity contribution >= 4 is 23.5 Å². The molecule has 0 spiro atoms. The van der Waals surface area contributed by atoms with E-state index in [1.807, 2.05) is 31.2 Å². The average molecular weight is 410 g/mol. The Bertz CT molecular complexity index is 1070. The van der Waals surface area contributed by atoms with Gasteiger partial charge in [-0.15, -0.1) is 5.10 Å². The molecule has 0 bridgehead atoms. The zero-order chi connectivity index (χ0) is 21.1. The Kier molecular flexibility index (Phi) is 5.42. The highest BCUT2D eigenvalue weighted by atomic mass is 19.1. The zero-order valence-corrected chi connectivity index (χ0v) is 16.2. The van der Waals surface area contributed by atoms with E-state index in [-0.39, 0.29) is 35.7 Å². The highest BCUT2D eigenvalue weighted by Crippen LogP contribution is 2.32. The molecule has 3 aromatic rings. The Hall–Kier alpha value is -3.75. The fourth-order valence-corrected chi connectivity index (χ4v) is 3.27. The minimum Gasteiger partial charge on any atom is -0.494 e. The van der Waals surface area contributed by atoms with Gasteiger partial charge in [0.05, 0.1) is 18.1 Å². The van der Waals surface area contributed by atoms with Crippen LogP contribution in [0.15, 0.2) is 52.9 Å². The van der Waals surface area contributed by atoms with E-state index in [9.17, 15) is 14.0 Å². The van der Waals surface area contributed by atoms with E-state index in [1.165, 1.54) is 18.2 Å². The maximum atomic E-state index is 13.7. The van der Waals surface area contributed by atoms with Crippen molar-refractivity contribution in [2.45, 2.75) is 19.3 Å². The molecule has 1 aliphatic heterocycles. The molecular weight excluding hydrogens is 391 g/mol. The van der Waals surface area contributed by atoms with Gasteiger partial charge in [0.2, 0.25) is 11.8 Å². The van der Waals surface area contributed by atoms with Gasteiger partial charge in [0.1, 0.15) is 11.6 Å².